The van der Waals surface area contributed by atoms with Crippen LogP contribution >= 0.6 is 0 Å². The van der Waals surface area contributed by atoms with Crippen LogP contribution in [0.2, 0.25) is 0 Å². The monoisotopic (exact) mass is 268 g/mol. The summed E-state index contributed by atoms with van der Waals surface area (Å²) in [6, 6.07) is 14.2. The topological polar surface area (TPSA) is 46.3 Å². The van der Waals surface area contributed by atoms with Gasteiger partial charge in [0, 0.05) is 24.7 Å². The Morgan fingerprint density at radius 3 is 2.75 bits per heavy atom. The molecule has 0 spiro atoms. The van der Waals surface area contributed by atoms with E-state index in [-0.39, 0.29) is 11.9 Å². The average Bonchev–Trinajstić information content (AvgIpc) is 2.53. The van der Waals surface area contributed by atoms with Crippen LogP contribution in [0.15, 0.2) is 42.5 Å². The first-order valence-electron chi connectivity index (χ1n) is 7.29. The van der Waals surface area contributed by atoms with E-state index in [4.69, 9.17) is 5.73 Å². The van der Waals surface area contributed by atoms with Crippen LogP contribution in [0.3, 0.4) is 0 Å². The molecule has 0 aromatic heterocycles. The number of nitrogens with zero attached hydrogens (tertiary/aromatic N) is 1. The smallest absolute Gasteiger partial charge is 0.254 e. The predicted octanol–water partition coefficient (Wildman–Crippen LogP) is 2.79. The van der Waals surface area contributed by atoms with E-state index in [9.17, 15) is 4.79 Å². The second kappa shape index (κ2) is 5.63. The summed E-state index contributed by atoms with van der Waals surface area (Å²) in [6.45, 7) is 1.38. The third kappa shape index (κ3) is 2.41. The molecule has 3 heteroatoms. The number of rotatable bonds is 2. The Labute approximate surface area is 119 Å². The Morgan fingerprint density at radius 2 is 1.95 bits per heavy atom. The highest BCUT2D eigenvalue weighted by atomic mass is 16.2. The number of fused-ring (bicyclic) bond motifs is 1. The highest BCUT2D eigenvalue weighted by Crippen LogP contribution is 2.21. The molecule has 3 nitrogen and oxygen atoms in total. The van der Waals surface area contributed by atoms with Crippen molar-refractivity contribution < 1.29 is 4.79 Å². The maximum Gasteiger partial charge on any atom is 0.254 e. The summed E-state index contributed by atoms with van der Waals surface area (Å²) >= 11 is 0. The summed E-state index contributed by atoms with van der Waals surface area (Å²) in [6.07, 6.45) is 3.27. The van der Waals surface area contributed by atoms with Gasteiger partial charge in [-0.1, -0.05) is 30.3 Å². The first-order chi connectivity index (χ1) is 9.79. The molecule has 0 aliphatic carbocycles. The highest BCUT2D eigenvalue weighted by molar-refractivity contribution is 5.98. The fourth-order valence-electron chi connectivity index (χ4n) is 3.00. The van der Waals surface area contributed by atoms with Crippen LogP contribution in [-0.2, 0) is 0 Å². The van der Waals surface area contributed by atoms with Crippen molar-refractivity contribution in [2.45, 2.75) is 25.3 Å². The van der Waals surface area contributed by atoms with Crippen LogP contribution in [0.4, 0.5) is 0 Å². The summed E-state index contributed by atoms with van der Waals surface area (Å²) in [5.41, 5.74) is 6.57. The number of carbonyl (C=O) groups excluding carboxylic acids is 1. The molecule has 1 saturated heterocycles. The molecular formula is C17H20N2O. The van der Waals surface area contributed by atoms with Gasteiger partial charge in [0.1, 0.15) is 0 Å². The zero-order valence-corrected chi connectivity index (χ0v) is 11.6. The summed E-state index contributed by atoms with van der Waals surface area (Å²) in [5.74, 6) is 0.117. The van der Waals surface area contributed by atoms with E-state index in [0.717, 1.165) is 35.7 Å². The molecule has 104 valence electrons. The van der Waals surface area contributed by atoms with Gasteiger partial charge in [0.05, 0.1) is 0 Å². The van der Waals surface area contributed by atoms with Gasteiger partial charge in [-0.15, -0.1) is 0 Å². The summed E-state index contributed by atoms with van der Waals surface area (Å²) in [7, 11) is 0. The van der Waals surface area contributed by atoms with E-state index in [0.29, 0.717) is 6.54 Å². The Morgan fingerprint density at radius 1 is 1.15 bits per heavy atom. The molecule has 1 amide bonds. The average molecular weight is 268 g/mol. The van der Waals surface area contributed by atoms with E-state index in [1.165, 1.54) is 6.42 Å². The van der Waals surface area contributed by atoms with Crippen LogP contribution in [0.5, 0.6) is 0 Å². The maximum absolute atomic E-state index is 12.7. The molecule has 1 heterocycles. The van der Waals surface area contributed by atoms with E-state index in [2.05, 4.69) is 6.07 Å². The van der Waals surface area contributed by atoms with Gasteiger partial charge in [-0.2, -0.15) is 0 Å². The maximum atomic E-state index is 12.7. The summed E-state index contributed by atoms with van der Waals surface area (Å²) < 4.78 is 0. The number of likely N-dealkylation sites (tertiary alicyclic amines) is 1. The Bertz CT molecular complexity index is 623. The summed E-state index contributed by atoms with van der Waals surface area (Å²) in [5, 5.41) is 2.28. The molecule has 2 N–H and O–H groups in total. The Balaban J connectivity index is 1.91. The lowest BCUT2D eigenvalue weighted by Gasteiger charge is -2.35. The van der Waals surface area contributed by atoms with E-state index in [1.54, 1.807) is 0 Å². The van der Waals surface area contributed by atoms with Gasteiger partial charge in [0.25, 0.3) is 5.91 Å². The Hall–Kier alpha value is -1.87. The van der Waals surface area contributed by atoms with Gasteiger partial charge < -0.3 is 10.6 Å². The van der Waals surface area contributed by atoms with Gasteiger partial charge in [-0.3, -0.25) is 4.79 Å². The van der Waals surface area contributed by atoms with Gasteiger partial charge >= 0.3 is 0 Å². The normalized spacial score (nSPS) is 19.2. The Kier molecular flexibility index (Phi) is 3.70. The molecule has 3 rings (SSSR count). The molecule has 1 atom stereocenters. The minimum atomic E-state index is 0.117. The van der Waals surface area contributed by atoms with Crippen molar-refractivity contribution in [2.24, 2.45) is 5.73 Å². The molecular weight excluding hydrogens is 248 g/mol. The largest absolute Gasteiger partial charge is 0.334 e. The van der Waals surface area contributed by atoms with Gasteiger partial charge in [-0.05, 0) is 42.2 Å². The molecule has 1 aliphatic heterocycles. The van der Waals surface area contributed by atoms with Crippen LogP contribution in [0.25, 0.3) is 10.8 Å². The molecule has 1 unspecified atom stereocenters. The number of hydrogen-bond donors (Lipinski definition) is 1. The van der Waals surface area contributed by atoms with Crippen molar-refractivity contribution in [3.63, 3.8) is 0 Å². The molecule has 20 heavy (non-hydrogen) atoms. The number of carbonyl (C=O) groups is 1. The third-order valence-corrected chi connectivity index (χ3v) is 4.16. The minimum absolute atomic E-state index is 0.117. The molecule has 2 aromatic rings. The van der Waals surface area contributed by atoms with E-state index in [1.807, 2.05) is 41.3 Å². The zero-order valence-electron chi connectivity index (χ0n) is 11.6. The first kappa shape index (κ1) is 13.1. The fourth-order valence-corrected chi connectivity index (χ4v) is 3.00. The van der Waals surface area contributed by atoms with E-state index < -0.39 is 0 Å². The van der Waals surface area contributed by atoms with Crippen LogP contribution in [0, 0.1) is 0 Å². The molecule has 1 fully saturated rings. The highest BCUT2D eigenvalue weighted by Gasteiger charge is 2.26. The number of amides is 1. The van der Waals surface area contributed by atoms with Gasteiger partial charge in [0.2, 0.25) is 0 Å². The lowest BCUT2D eigenvalue weighted by atomic mass is 10.00. The van der Waals surface area contributed by atoms with Crippen LogP contribution < -0.4 is 5.73 Å². The molecule has 2 aromatic carbocycles. The molecule has 0 saturated carbocycles. The molecule has 1 aliphatic rings. The SMILES string of the molecule is NCC1CCCCN1C(=O)c1ccc2ccccc2c1. The second-order valence-electron chi connectivity index (χ2n) is 5.45. The standard InChI is InChI=1S/C17H20N2O/c18-12-16-7-3-4-10-19(16)17(20)15-9-8-13-5-1-2-6-14(13)11-15/h1-2,5-6,8-9,11,16H,3-4,7,10,12,18H2. The van der Waals surface area contributed by atoms with Crippen molar-refractivity contribution in [1.29, 1.82) is 0 Å². The lowest BCUT2D eigenvalue weighted by molar-refractivity contribution is 0.0623. The van der Waals surface area contributed by atoms with Crippen molar-refractivity contribution in [3.8, 4) is 0 Å². The predicted molar refractivity (Wildman–Crippen MR) is 81.7 cm³/mol. The number of piperidine rings is 1. The van der Waals surface area contributed by atoms with Crippen molar-refractivity contribution >= 4 is 16.7 Å². The van der Waals surface area contributed by atoms with Gasteiger partial charge in [-0.25, -0.2) is 0 Å². The quantitative estimate of drug-likeness (QED) is 0.910. The van der Waals surface area contributed by atoms with Crippen LogP contribution in [-0.4, -0.2) is 29.9 Å². The zero-order chi connectivity index (χ0) is 13.9. The number of benzene rings is 2. The van der Waals surface area contributed by atoms with Crippen molar-refractivity contribution in [3.05, 3.63) is 48.0 Å². The van der Waals surface area contributed by atoms with Crippen molar-refractivity contribution in [1.82, 2.24) is 4.90 Å². The summed E-state index contributed by atoms with van der Waals surface area (Å²) in [4.78, 5) is 14.6. The van der Waals surface area contributed by atoms with Gasteiger partial charge in [0.15, 0.2) is 0 Å². The molecule has 0 radical (unpaired) electrons. The third-order valence-electron chi connectivity index (χ3n) is 4.16. The number of nitrogens with two attached hydrogens (primary N) is 1. The molecule has 0 bridgehead atoms. The van der Waals surface area contributed by atoms with Crippen molar-refractivity contribution in [2.75, 3.05) is 13.1 Å². The van der Waals surface area contributed by atoms with E-state index >= 15 is 0 Å². The minimum Gasteiger partial charge on any atom is -0.334 e. The lowest BCUT2D eigenvalue weighted by Crippen LogP contribution is -2.47. The fraction of sp³-hybridized carbons (Fsp3) is 0.353. The number of hydrogen-bond acceptors (Lipinski definition) is 2. The van der Waals surface area contributed by atoms with Crippen LogP contribution in [0.1, 0.15) is 29.6 Å². The second-order valence-corrected chi connectivity index (χ2v) is 5.45. The first-order valence-corrected chi connectivity index (χ1v) is 7.29.